The van der Waals surface area contributed by atoms with Crippen molar-refractivity contribution in [1.82, 2.24) is 10.2 Å². The van der Waals surface area contributed by atoms with E-state index in [0.29, 0.717) is 6.04 Å². The first kappa shape index (κ1) is 12.9. The lowest BCUT2D eigenvalue weighted by atomic mass is 10.00. The first-order chi connectivity index (χ1) is 6.87. The van der Waals surface area contributed by atoms with Crippen LogP contribution in [0.25, 0.3) is 0 Å². The Morgan fingerprint density at radius 2 is 2.13 bits per heavy atom. The summed E-state index contributed by atoms with van der Waals surface area (Å²) in [6.07, 6.45) is 1.27. The lowest BCUT2D eigenvalue weighted by Gasteiger charge is -2.37. The summed E-state index contributed by atoms with van der Waals surface area (Å²) >= 11 is 0. The lowest BCUT2D eigenvalue weighted by molar-refractivity contribution is 0.160. The van der Waals surface area contributed by atoms with Crippen LogP contribution in [-0.4, -0.2) is 42.7 Å². The monoisotopic (exact) mass is 213 g/mol. The van der Waals surface area contributed by atoms with Gasteiger partial charge in [0.2, 0.25) is 0 Å². The van der Waals surface area contributed by atoms with Crippen LogP contribution in [0, 0.1) is 5.92 Å². The van der Waals surface area contributed by atoms with E-state index in [1.807, 2.05) is 0 Å². The van der Waals surface area contributed by atoms with Gasteiger partial charge in [-0.2, -0.15) is 0 Å². The van der Waals surface area contributed by atoms with Crippen LogP contribution in [-0.2, 0) is 0 Å². The molecule has 0 aromatic heterocycles. The molecule has 0 saturated carbocycles. The molecular weight excluding hydrogens is 186 g/mol. The molecule has 0 bridgehead atoms. The van der Waals surface area contributed by atoms with Gasteiger partial charge in [-0.1, -0.05) is 13.8 Å². The Morgan fingerprint density at radius 3 is 2.67 bits per heavy atom. The van der Waals surface area contributed by atoms with Gasteiger partial charge in [-0.15, -0.1) is 0 Å². The molecule has 1 fully saturated rings. The smallest absolute Gasteiger partial charge is 0.0226 e. The van der Waals surface area contributed by atoms with Gasteiger partial charge in [-0.3, -0.25) is 4.90 Å². The first-order valence-electron chi connectivity index (χ1n) is 6.11. The molecule has 1 atom stereocenters. The van der Waals surface area contributed by atoms with Crippen molar-refractivity contribution in [3.8, 4) is 0 Å². The standard InChI is InChI=1S/C12H27N3/c1-10(2)7-11-8-15(6-5-14-11)9-12(3,4)13/h10-11,14H,5-9,13H2,1-4H3. The van der Waals surface area contributed by atoms with Crippen molar-refractivity contribution in [2.24, 2.45) is 11.7 Å². The predicted octanol–water partition coefficient (Wildman–Crippen LogP) is 1.04. The summed E-state index contributed by atoms with van der Waals surface area (Å²) in [4.78, 5) is 2.49. The highest BCUT2D eigenvalue weighted by atomic mass is 15.2. The van der Waals surface area contributed by atoms with Gasteiger partial charge in [0.05, 0.1) is 0 Å². The Morgan fingerprint density at radius 1 is 1.47 bits per heavy atom. The summed E-state index contributed by atoms with van der Waals surface area (Å²) in [5, 5.41) is 3.58. The number of nitrogens with one attached hydrogen (secondary N) is 1. The highest BCUT2D eigenvalue weighted by Crippen LogP contribution is 2.11. The molecule has 1 heterocycles. The van der Waals surface area contributed by atoms with Gasteiger partial charge in [-0.05, 0) is 26.2 Å². The maximum Gasteiger partial charge on any atom is 0.0226 e. The second-order valence-corrected chi connectivity index (χ2v) is 6.00. The highest BCUT2D eigenvalue weighted by molar-refractivity contribution is 4.84. The van der Waals surface area contributed by atoms with Crippen LogP contribution in [0.2, 0.25) is 0 Å². The summed E-state index contributed by atoms with van der Waals surface area (Å²) in [6.45, 7) is 13.2. The lowest BCUT2D eigenvalue weighted by Crippen LogP contribution is -2.55. The minimum atomic E-state index is -0.0697. The molecule has 1 unspecified atom stereocenters. The highest BCUT2D eigenvalue weighted by Gasteiger charge is 2.23. The van der Waals surface area contributed by atoms with Crippen molar-refractivity contribution < 1.29 is 0 Å². The number of nitrogens with two attached hydrogens (primary N) is 1. The topological polar surface area (TPSA) is 41.3 Å². The van der Waals surface area contributed by atoms with E-state index in [2.05, 4.69) is 37.9 Å². The third kappa shape index (κ3) is 5.50. The second kappa shape index (κ2) is 5.28. The quantitative estimate of drug-likeness (QED) is 0.733. The van der Waals surface area contributed by atoms with E-state index in [1.165, 1.54) is 6.42 Å². The molecule has 90 valence electrons. The Balaban J connectivity index is 2.35. The Labute approximate surface area is 94.4 Å². The van der Waals surface area contributed by atoms with E-state index < -0.39 is 0 Å². The fraction of sp³-hybridized carbons (Fsp3) is 1.00. The van der Waals surface area contributed by atoms with Crippen LogP contribution in [0.4, 0.5) is 0 Å². The summed E-state index contributed by atoms with van der Waals surface area (Å²) in [5.74, 6) is 0.772. The molecule has 0 radical (unpaired) electrons. The molecule has 3 nitrogen and oxygen atoms in total. The molecular formula is C12H27N3. The molecule has 3 N–H and O–H groups in total. The van der Waals surface area contributed by atoms with Crippen molar-refractivity contribution in [3.05, 3.63) is 0 Å². The molecule has 1 saturated heterocycles. The predicted molar refractivity (Wildman–Crippen MR) is 66.0 cm³/mol. The zero-order chi connectivity index (χ0) is 11.5. The minimum absolute atomic E-state index is 0.0697. The fourth-order valence-corrected chi connectivity index (χ4v) is 2.34. The van der Waals surface area contributed by atoms with E-state index in [1.54, 1.807) is 0 Å². The maximum atomic E-state index is 6.05. The fourth-order valence-electron chi connectivity index (χ4n) is 2.34. The van der Waals surface area contributed by atoms with Crippen LogP contribution in [0.5, 0.6) is 0 Å². The van der Waals surface area contributed by atoms with Gasteiger partial charge in [0.1, 0.15) is 0 Å². The molecule has 0 spiro atoms. The zero-order valence-electron chi connectivity index (χ0n) is 10.7. The molecule has 0 aromatic carbocycles. The first-order valence-corrected chi connectivity index (χ1v) is 6.11. The molecule has 15 heavy (non-hydrogen) atoms. The summed E-state index contributed by atoms with van der Waals surface area (Å²) in [5.41, 5.74) is 5.98. The van der Waals surface area contributed by atoms with Gasteiger partial charge < -0.3 is 11.1 Å². The van der Waals surface area contributed by atoms with E-state index in [9.17, 15) is 0 Å². The molecule has 0 amide bonds. The van der Waals surface area contributed by atoms with E-state index in [0.717, 1.165) is 32.1 Å². The van der Waals surface area contributed by atoms with Crippen LogP contribution in [0.3, 0.4) is 0 Å². The van der Waals surface area contributed by atoms with Gasteiger partial charge in [0.25, 0.3) is 0 Å². The average Bonchev–Trinajstić information content (AvgIpc) is 1.99. The average molecular weight is 213 g/mol. The number of rotatable bonds is 4. The van der Waals surface area contributed by atoms with Gasteiger partial charge in [0, 0.05) is 37.8 Å². The largest absolute Gasteiger partial charge is 0.324 e. The van der Waals surface area contributed by atoms with Crippen molar-refractivity contribution in [3.63, 3.8) is 0 Å². The Hall–Kier alpha value is -0.120. The van der Waals surface area contributed by atoms with Crippen LogP contribution in [0.15, 0.2) is 0 Å². The normalized spacial score (nSPS) is 24.8. The Kier molecular flexibility index (Phi) is 4.56. The second-order valence-electron chi connectivity index (χ2n) is 6.00. The zero-order valence-corrected chi connectivity index (χ0v) is 10.7. The summed E-state index contributed by atoms with van der Waals surface area (Å²) in [6, 6.07) is 0.654. The van der Waals surface area contributed by atoms with Gasteiger partial charge >= 0.3 is 0 Å². The number of piperazine rings is 1. The van der Waals surface area contributed by atoms with Crippen molar-refractivity contribution in [2.75, 3.05) is 26.2 Å². The molecule has 1 rings (SSSR count). The van der Waals surface area contributed by atoms with Gasteiger partial charge in [-0.25, -0.2) is 0 Å². The maximum absolute atomic E-state index is 6.05. The number of hydrogen-bond acceptors (Lipinski definition) is 3. The summed E-state index contributed by atoms with van der Waals surface area (Å²) in [7, 11) is 0. The van der Waals surface area contributed by atoms with Crippen LogP contribution in [0.1, 0.15) is 34.1 Å². The van der Waals surface area contributed by atoms with Gasteiger partial charge in [0.15, 0.2) is 0 Å². The van der Waals surface area contributed by atoms with E-state index in [-0.39, 0.29) is 5.54 Å². The minimum Gasteiger partial charge on any atom is -0.324 e. The number of nitrogens with zero attached hydrogens (tertiary/aromatic N) is 1. The van der Waals surface area contributed by atoms with E-state index >= 15 is 0 Å². The Bertz CT molecular complexity index is 184. The molecule has 0 aromatic rings. The van der Waals surface area contributed by atoms with Crippen molar-refractivity contribution in [2.45, 2.75) is 45.7 Å². The molecule has 1 aliphatic heterocycles. The third-order valence-electron chi connectivity index (χ3n) is 2.73. The van der Waals surface area contributed by atoms with Crippen molar-refractivity contribution >= 4 is 0 Å². The molecule has 0 aliphatic carbocycles. The molecule has 3 heteroatoms. The number of hydrogen-bond donors (Lipinski definition) is 2. The van der Waals surface area contributed by atoms with Crippen LogP contribution >= 0.6 is 0 Å². The molecule has 1 aliphatic rings. The third-order valence-corrected chi connectivity index (χ3v) is 2.73. The van der Waals surface area contributed by atoms with E-state index in [4.69, 9.17) is 5.73 Å². The van der Waals surface area contributed by atoms with Crippen LogP contribution < -0.4 is 11.1 Å². The summed E-state index contributed by atoms with van der Waals surface area (Å²) < 4.78 is 0. The SMILES string of the molecule is CC(C)CC1CN(CC(C)(C)N)CCN1. The van der Waals surface area contributed by atoms with Crippen molar-refractivity contribution in [1.29, 1.82) is 0 Å².